The van der Waals surface area contributed by atoms with Crippen LogP contribution in [-0.2, 0) is 12.6 Å². The summed E-state index contributed by atoms with van der Waals surface area (Å²) in [4.78, 5) is 3.30. The average Bonchev–Trinajstić information content (AvgIpc) is 1.99. The van der Waals surface area contributed by atoms with E-state index in [1.807, 2.05) is 0 Å². The van der Waals surface area contributed by atoms with E-state index in [9.17, 15) is 18.3 Å². The first-order valence-electron chi connectivity index (χ1n) is 4.43. The summed E-state index contributed by atoms with van der Waals surface area (Å²) < 4.78 is 37.4. The van der Waals surface area contributed by atoms with E-state index in [-0.39, 0.29) is 12.0 Å². The molecule has 1 heterocycles. The molecule has 0 aliphatic heterocycles. The fraction of sp³-hybridized carbons (Fsp3) is 0.500. The molecule has 0 aromatic carbocycles. The Bertz CT molecular complexity index is 341. The lowest BCUT2D eigenvalue weighted by Crippen LogP contribution is -2.24. The molecule has 0 aliphatic carbocycles. The summed E-state index contributed by atoms with van der Waals surface area (Å²) in [5.74, 6) is 0. The van der Waals surface area contributed by atoms with Crippen molar-refractivity contribution in [2.24, 2.45) is 0 Å². The zero-order chi connectivity index (χ0) is 11.7. The van der Waals surface area contributed by atoms with Crippen molar-refractivity contribution < 1.29 is 18.3 Å². The summed E-state index contributed by atoms with van der Waals surface area (Å²) in [7, 11) is 0. The van der Waals surface area contributed by atoms with Crippen LogP contribution in [0.15, 0.2) is 18.3 Å². The third-order valence-corrected chi connectivity index (χ3v) is 1.78. The number of pyridine rings is 1. The van der Waals surface area contributed by atoms with Gasteiger partial charge in [-0.25, -0.2) is 0 Å². The van der Waals surface area contributed by atoms with E-state index in [0.717, 1.165) is 6.20 Å². The van der Waals surface area contributed by atoms with Gasteiger partial charge in [-0.1, -0.05) is 6.07 Å². The highest BCUT2D eigenvalue weighted by Gasteiger charge is 2.35. The highest BCUT2D eigenvalue weighted by molar-refractivity contribution is 5.23. The second-order valence-corrected chi connectivity index (χ2v) is 4.00. The Kier molecular flexibility index (Phi) is 3.04. The molecule has 1 aromatic heterocycles. The Morgan fingerprint density at radius 3 is 2.40 bits per heavy atom. The van der Waals surface area contributed by atoms with Crippen LogP contribution in [0.5, 0.6) is 0 Å². The standard InChI is InChI=1S/C10H12F3NO/c1-9(2,15)6-7-4-3-5-14-8(7)10(11,12)13/h3-5,15H,6H2,1-2H3. The molecular weight excluding hydrogens is 207 g/mol. The molecule has 1 N–H and O–H groups in total. The molecular formula is C10H12F3NO. The third-order valence-electron chi connectivity index (χ3n) is 1.78. The molecule has 1 rings (SSSR count). The van der Waals surface area contributed by atoms with Crippen LogP contribution < -0.4 is 0 Å². The zero-order valence-electron chi connectivity index (χ0n) is 8.47. The molecule has 2 nitrogen and oxygen atoms in total. The second-order valence-electron chi connectivity index (χ2n) is 4.00. The van der Waals surface area contributed by atoms with Crippen LogP contribution in [0.2, 0.25) is 0 Å². The van der Waals surface area contributed by atoms with Gasteiger partial charge in [0, 0.05) is 12.6 Å². The Labute approximate surface area is 85.8 Å². The van der Waals surface area contributed by atoms with Gasteiger partial charge in [-0.2, -0.15) is 13.2 Å². The van der Waals surface area contributed by atoms with E-state index in [1.165, 1.54) is 26.0 Å². The van der Waals surface area contributed by atoms with Crippen molar-refractivity contribution in [2.45, 2.75) is 32.0 Å². The minimum absolute atomic E-state index is 0.0116. The van der Waals surface area contributed by atoms with Crippen molar-refractivity contribution in [1.29, 1.82) is 0 Å². The van der Waals surface area contributed by atoms with E-state index in [0.29, 0.717) is 0 Å². The molecule has 84 valence electrons. The quantitative estimate of drug-likeness (QED) is 0.828. The maximum atomic E-state index is 12.5. The largest absolute Gasteiger partial charge is 0.433 e. The highest BCUT2D eigenvalue weighted by atomic mass is 19.4. The topological polar surface area (TPSA) is 33.1 Å². The minimum Gasteiger partial charge on any atom is -0.390 e. The van der Waals surface area contributed by atoms with Gasteiger partial charge in [0.25, 0.3) is 0 Å². The van der Waals surface area contributed by atoms with Gasteiger partial charge >= 0.3 is 6.18 Å². The fourth-order valence-corrected chi connectivity index (χ4v) is 1.30. The lowest BCUT2D eigenvalue weighted by Gasteiger charge is -2.19. The Morgan fingerprint density at radius 2 is 1.93 bits per heavy atom. The van der Waals surface area contributed by atoms with Gasteiger partial charge in [0.15, 0.2) is 0 Å². The maximum absolute atomic E-state index is 12.5. The number of rotatable bonds is 2. The van der Waals surface area contributed by atoms with E-state index < -0.39 is 17.5 Å². The monoisotopic (exact) mass is 219 g/mol. The van der Waals surface area contributed by atoms with Gasteiger partial charge < -0.3 is 5.11 Å². The smallest absolute Gasteiger partial charge is 0.390 e. The van der Waals surface area contributed by atoms with Gasteiger partial charge in [0.2, 0.25) is 0 Å². The van der Waals surface area contributed by atoms with Crippen molar-refractivity contribution in [3.63, 3.8) is 0 Å². The predicted molar refractivity (Wildman–Crippen MR) is 49.2 cm³/mol. The molecule has 0 unspecified atom stereocenters. The molecule has 0 aliphatic rings. The summed E-state index contributed by atoms with van der Waals surface area (Å²) in [6.07, 6.45) is -3.45. The number of halogens is 3. The predicted octanol–water partition coefficient (Wildman–Crippen LogP) is 2.41. The van der Waals surface area contributed by atoms with E-state index in [4.69, 9.17) is 0 Å². The van der Waals surface area contributed by atoms with Gasteiger partial charge in [-0.05, 0) is 25.5 Å². The number of aromatic nitrogens is 1. The molecule has 0 saturated carbocycles. The SMILES string of the molecule is CC(C)(O)Cc1cccnc1C(F)(F)F. The molecule has 0 bridgehead atoms. The summed E-state index contributed by atoms with van der Waals surface area (Å²) in [6, 6.07) is 2.75. The molecule has 1 aromatic rings. The van der Waals surface area contributed by atoms with Crippen LogP contribution in [-0.4, -0.2) is 15.7 Å². The van der Waals surface area contributed by atoms with Gasteiger partial charge in [0.05, 0.1) is 5.60 Å². The summed E-state index contributed by atoms with van der Waals surface area (Å²) in [5, 5.41) is 9.47. The van der Waals surface area contributed by atoms with E-state index >= 15 is 0 Å². The number of hydrogen-bond acceptors (Lipinski definition) is 2. The maximum Gasteiger partial charge on any atom is 0.433 e. The third kappa shape index (κ3) is 3.51. The van der Waals surface area contributed by atoms with Crippen LogP contribution in [0.1, 0.15) is 25.1 Å². The van der Waals surface area contributed by atoms with Crippen LogP contribution in [0.3, 0.4) is 0 Å². The van der Waals surface area contributed by atoms with Crippen LogP contribution in [0, 0.1) is 0 Å². The fourth-order valence-electron chi connectivity index (χ4n) is 1.30. The lowest BCUT2D eigenvalue weighted by molar-refractivity contribution is -0.142. The highest BCUT2D eigenvalue weighted by Crippen LogP contribution is 2.31. The number of alkyl halides is 3. The second kappa shape index (κ2) is 3.81. The normalized spacial score (nSPS) is 12.9. The molecule has 0 spiro atoms. The van der Waals surface area contributed by atoms with Crippen LogP contribution in [0.4, 0.5) is 13.2 Å². The van der Waals surface area contributed by atoms with Crippen molar-refractivity contribution in [2.75, 3.05) is 0 Å². The van der Waals surface area contributed by atoms with Gasteiger partial charge in [-0.3, -0.25) is 4.98 Å². The molecule has 0 amide bonds. The van der Waals surface area contributed by atoms with Gasteiger partial charge in [-0.15, -0.1) is 0 Å². The number of aliphatic hydroxyl groups is 1. The van der Waals surface area contributed by atoms with Crippen molar-refractivity contribution in [1.82, 2.24) is 4.98 Å². The zero-order valence-corrected chi connectivity index (χ0v) is 8.47. The molecule has 0 fully saturated rings. The summed E-state index contributed by atoms with van der Waals surface area (Å²) >= 11 is 0. The Balaban J connectivity index is 3.08. The molecule has 0 saturated heterocycles. The Hall–Kier alpha value is -1.10. The first-order valence-corrected chi connectivity index (χ1v) is 4.43. The summed E-state index contributed by atoms with van der Waals surface area (Å²) in [6.45, 7) is 2.92. The van der Waals surface area contributed by atoms with Crippen molar-refractivity contribution >= 4 is 0 Å². The lowest BCUT2D eigenvalue weighted by atomic mass is 9.97. The number of nitrogens with zero attached hydrogens (tertiary/aromatic N) is 1. The first kappa shape index (κ1) is 12.0. The van der Waals surface area contributed by atoms with E-state index in [2.05, 4.69) is 4.98 Å². The van der Waals surface area contributed by atoms with Crippen molar-refractivity contribution in [3.8, 4) is 0 Å². The first-order chi connectivity index (χ1) is 6.70. The molecule has 15 heavy (non-hydrogen) atoms. The van der Waals surface area contributed by atoms with E-state index in [1.54, 1.807) is 0 Å². The van der Waals surface area contributed by atoms with Gasteiger partial charge in [0.1, 0.15) is 5.69 Å². The Morgan fingerprint density at radius 1 is 1.33 bits per heavy atom. The molecule has 5 heteroatoms. The van der Waals surface area contributed by atoms with Crippen LogP contribution in [0.25, 0.3) is 0 Å². The minimum atomic E-state index is -4.47. The van der Waals surface area contributed by atoms with Crippen molar-refractivity contribution in [3.05, 3.63) is 29.6 Å². The average molecular weight is 219 g/mol. The van der Waals surface area contributed by atoms with Crippen LogP contribution >= 0.6 is 0 Å². The summed E-state index contributed by atoms with van der Waals surface area (Å²) in [5.41, 5.74) is -2.09. The molecule has 0 atom stereocenters. The number of hydrogen-bond donors (Lipinski definition) is 1. The molecule has 0 radical (unpaired) electrons.